The molecule has 2 rings (SSSR count). The van der Waals surface area contributed by atoms with Gasteiger partial charge in [0.2, 0.25) is 0 Å². The third-order valence-corrected chi connectivity index (χ3v) is 4.62. The van der Waals surface area contributed by atoms with E-state index in [1.165, 1.54) is 43.4 Å². The van der Waals surface area contributed by atoms with Crippen LogP contribution in [0, 0.1) is 0 Å². The van der Waals surface area contributed by atoms with Gasteiger partial charge in [-0.1, -0.05) is 19.8 Å². The Morgan fingerprint density at radius 3 is 2.93 bits per heavy atom. The lowest BCUT2D eigenvalue weighted by atomic mass is 9.98. The zero-order valence-corrected chi connectivity index (χ0v) is 10.4. The summed E-state index contributed by atoms with van der Waals surface area (Å²) in [5.41, 5.74) is 7.79. The monoisotopic (exact) mass is 223 g/mol. The Morgan fingerprint density at radius 2 is 2.20 bits per heavy atom. The molecule has 0 aliphatic heterocycles. The molecule has 0 saturated carbocycles. The van der Waals surface area contributed by atoms with E-state index in [0.29, 0.717) is 6.04 Å². The van der Waals surface area contributed by atoms with E-state index in [0.717, 1.165) is 6.42 Å². The zero-order chi connectivity index (χ0) is 10.7. The van der Waals surface area contributed by atoms with E-state index in [-0.39, 0.29) is 0 Å². The molecule has 1 aliphatic rings. The first-order valence-electron chi connectivity index (χ1n) is 6.18. The van der Waals surface area contributed by atoms with Crippen LogP contribution in [0.15, 0.2) is 6.07 Å². The van der Waals surface area contributed by atoms with Gasteiger partial charge in [-0.2, -0.15) is 0 Å². The summed E-state index contributed by atoms with van der Waals surface area (Å²) in [6.45, 7) is 2.23. The molecule has 2 N–H and O–H groups in total. The molecule has 2 heteroatoms. The minimum Gasteiger partial charge on any atom is -0.323 e. The van der Waals surface area contributed by atoms with E-state index in [4.69, 9.17) is 5.73 Å². The molecule has 0 radical (unpaired) electrons. The van der Waals surface area contributed by atoms with Crippen molar-refractivity contribution < 1.29 is 0 Å². The molecule has 1 aliphatic carbocycles. The van der Waals surface area contributed by atoms with Crippen LogP contribution in [0.5, 0.6) is 0 Å². The molecule has 84 valence electrons. The summed E-state index contributed by atoms with van der Waals surface area (Å²) in [5.74, 6) is 0. The summed E-state index contributed by atoms with van der Waals surface area (Å²) in [4.78, 5) is 3.04. The highest BCUT2D eigenvalue weighted by atomic mass is 32.1. The largest absolute Gasteiger partial charge is 0.323 e. The van der Waals surface area contributed by atoms with Gasteiger partial charge in [0, 0.05) is 15.8 Å². The van der Waals surface area contributed by atoms with Gasteiger partial charge in [0.25, 0.3) is 0 Å². The molecule has 1 nitrogen and oxygen atoms in total. The molecule has 1 atom stereocenters. The third kappa shape index (κ3) is 2.61. The Hall–Kier alpha value is -0.340. The highest BCUT2D eigenvalue weighted by Crippen LogP contribution is 2.33. The Labute approximate surface area is 96.7 Å². The summed E-state index contributed by atoms with van der Waals surface area (Å²) >= 11 is 1.97. The second kappa shape index (κ2) is 5.13. The summed E-state index contributed by atoms with van der Waals surface area (Å²) in [7, 11) is 0. The molecule has 1 unspecified atom stereocenters. The quantitative estimate of drug-likeness (QED) is 0.825. The van der Waals surface area contributed by atoms with Gasteiger partial charge in [0.1, 0.15) is 0 Å². The van der Waals surface area contributed by atoms with Crippen LogP contribution in [0.4, 0.5) is 0 Å². The van der Waals surface area contributed by atoms with Crippen molar-refractivity contribution in [3.8, 4) is 0 Å². The molecule has 0 bridgehead atoms. The smallest absolute Gasteiger partial charge is 0.0389 e. The summed E-state index contributed by atoms with van der Waals surface area (Å²) in [6, 6.07) is 2.67. The predicted molar refractivity (Wildman–Crippen MR) is 67.4 cm³/mol. The molecular formula is C13H21NS. The van der Waals surface area contributed by atoms with Crippen molar-refractivity contribution in [3.05, 3.63) is 21.4 Å². The number of hydrogen-bond acceptors (Lipinski definition) is 2. The first-order valence-corrected chi connectivity index (χ1v) is 7.00. The standard InChI is InChI=1S/C13H21NS/c1-2-3-7-11(14)13-9-10-6-4-5-8-12(10)15-13/h9,11H,2-8,14H2,1H3. The van der Waals surface area contributed by atoms with Crippen LogP contribution < -0.4 is 5.73 Å². The minimum absolute atomic E-state index is 0.292. The lowest BCUT2D eigenvalue weighted by Gasteiger charge is -2.08. The maximum absolute atomic E-state index is 6.20. The molecule has 0 spiro atoms. The molecular weight excluding hydrogens is 202 g/mol. The third-order valence-electron chi connectivity index (χ3n) is 3.25. The number of nitrogens with two attached hydrogens (primary N) is 1. The van der Waals surface area contributed by atoms with Crippen LogP contribution in [0.3, 0.4) is 0 Å². The van der Waals surface area contributed by atoms with Crippen LogP contribution in [0.25, 0.3) is 0 Å². The van der Waals surface area contributed by atoms with Gasteiger partial charge in [0.05, 0.1) is 0 Å². The first-order chi connectivity index (χ1) is 7.31. The predicted octanol–water partition coefficient (Wildman–Crippen LogP) is 3.82. The van der Waals surface area contributed by atoms with Crippen LogP contribution in [0.1, 0.15) is 60.4 Å². The average Bonchev–Trinajstić information content (AvgIpc) is 2.69. The lowest BCUT2D eigenvalue weighted by Crippen LogP contribution is -2.07. The van der Waals surface area contributed by atoms with Crippen molar-refractivity contribution >= 4 is 11.3 Å². The summed E-state index contributed by atoms with van der Waals surface area (Å²) < 4.78 is 0. The summed E-state index contributed by atoms with van der Waals surface area (Å²) in [6.07, 6.45) is 8.97. The van der Waals surface area contributed by atoms with Gasteiger partial charge in [-0.25, -0.2) is 0 Å². The number of aryl methyl sites for hydroxylation is 2. The second-order valence-corrected chi connectivity index (χ2v) is 5.72. The molecule has 0 aromatic carbocycles. The van der Waals surface area contributed by atoms with Gasteiger partial charge in [-0.3, -0.25) is 0 Å². The number of unbranched alkanes of at least 4 members (excludes halogenated alkanes) is 1. The highest BCUT2D eigenvalue weighted by Gasteiger charge is 2.16. The van der Waals surface area contributed by atoms with Crippen LogP contribution in [-0.4, -0.2) is 0 Å². The molecule has 0 fully saturated rings. The van der Waals surface area contributed by atoms with E-state index in [2.05, 4.69) is 13.0 Å². The van der Waals surface area contributed by atoms with Gasteiger partial charge >= 0.3 is 0 Å². The number of thiophene rings is 1. The number of rotatable bonds is 4. The van der Waals surface area contributed by atoms with Crippen molar-refractivity contribution in [2.75, 3.05) is 0 Å². The Kier molecular flexibility index (Phi) is 3.81. The number of hydrogen-bond donors (Lipinski definition) is 1. The van der Waals surface area contributed by atoms with Crippen LogP contribution in [0.2, 0.25) is 0 Å². The van der Waals surface area contributed by atoms with Crippen LogP contribution in [-0.2, 0) is 12.8 Å². The fraction of sp³-hybridized carbons (Fsp3) is 0.692. The molecule has 1 aromatic rings. The van der Waals surface area contributed by atoms with Gasteiger partial charge in [-0.15, -0.1) is 11.3 Å². The van der Waals surface area contributed by atoms with E-state index in [9.17, 15) is 0 Å². The summed E-state index contributed by atoms with van der Waals surface area (Å²) in [5, 5.41) is 0. The van der Waals surface area contributed by atoms with Gasteiger partial charge < -0.3 is 5.73 Å². The molecule has 1 aromatic heterocycles. The first kappa shape index (κ1) is 11.2. The Morgan fingerprint density at radius 1 is 1.40 bits per heavy atom. The van der Waals surface area contributed by atoms with Crippen molar-refractivity contribution in [3.63, 3.8) is 0 Å². The zero-order valence-electron chi connectivity index (χ0n) is 9.59. The lowest BCUT2D eigenvalue weighted by molar-refractivity contribution is 0.610. The SMILES string of the molecule is CCCCC(N)c1cc2c(s1)CCCC2. The Balaban J connectivity index is 2.05. The van der Waals surface area contributed by atoms with Crippen molar-refractivity contribution in [1.82, 2.24) is 0 Å². The average molecular weight is 223 g/mol. The highest BCUT2D eigenvalue weighted by molar-refractivity contribution is 7.12. The maximum atomic E-state index is 6.20. The fourth-order valence-corrected chi connectivity index (χ4v) is 3.56. The van der Waals surface area contributed by atoms with Crippen molar-refractivity contribution in [2.45, 2.75) is 57.9 Å². The van der Waals surface area contributed by atoms with Crippen LogP contribution >= 0.6 is 11.3 Å². The maximum Gasteiger partial charge on any atom is 0.0389 e. The molecule has 15 heavy (non-hydrogen) atoms. The normalized spacial score (nSPS) is 17.5. The second-order valence-electron chi connectivity index (χ2n) is 4.55. The minimum atomic E-state index is 0.292. The Bertz CT molecular complexity index is 293. The van der Waals surface area contributed by atoms with Gasteiger partial charge in [0.15, 0.2) is 0 Å². The van der Waals surface area contributed by atoms with E-state index in [1.54, 1.807) is 10.4 Å². The van der Waals surface area contributed by atoms with Crippen molar-refractivity contribution in [1.29, 1.82) is 0 Å². The molecule has 0 amide bonds. The molecule has 0 saturated heterocycles. The van der Waals surface area contributed by atoms with E-state index >= 15 is 0 Å². The topological polar surface area (TPSA) is 26.0 Å². The van der Waals surface area contributed by atoms with Crippen molar-refractivity contribution in [2.24, 2.45) is 5.73 Å². The number of fused-ring (bicyclic) bond motifs is 1. The molecule has 1 heterocycles. The van der Waals surface area contributed by atoms with E-state index in [1.807, 2.05) is 11.3 Å². The fourth-order valence-electron chi connectivity index (χ4n) is 2.26. The van der Waals surface area contributed by atoms with Gasteiger partial charge in [-0.05, 0) is 43.7 Å². The van der Waals surface area contributed by atoms with E-state index < -0.39 is 0 Å².